The molecule has 0 fully saturated rings. The van der Waals surface area contributed by atoms with E-state index in [0.29, 0.717) is 24.7 Å². The van der Waals surface area contributed by atoms with Crippen LogP contribution < -0.4 is 19.9 Å². The van der Waals surface area contributed by atoms with Crippen molar-refractivity contribution in [1.82, 2.24) is 0 Å². The Kier molecular flexibility index (Phi) is 5.12. The van der Waals surface area contributed by atoms with Gasteiger partial charge in [-0.25, -0.2) is 0 Å². The fourth-order valence-corrected chi connectivity index (χ4v) is 2.15. The Bertz CT molecular complexity index is 537. The van der Waals surface area contributed by atoms with Gasteiger partial charge in [0, 0.05) is 0 Å². The summed E-state index contributed by atoms with van der Waals surface area (Å²) in [5, 5.41) is 0. The molecule has 0 bridgehead atoms. The van der Waals surface area contributed by atoms with Crippen molar-refractivity contribution in [3.63, 3.8) is 0 Å². The first-order valence-corrected chi connectivity index (χ1v) is 6.93. The van der Waals surface area contributed by atoms with Crippen molar-refractivity contribution in [1.29, 1.82) is 0 Å². The minimum Gasteiger partial charge on any atom is -0.497 e. The van der Waals surface area contributed by atoms with Gasteiger partial charge in [0.25, 0.3) is 0 Å². The standard InChI is InChI=1S/C15H16BrNO3/c1-18-11-5-7-12(8-6-11)19-9-10-20-15-13(16)3-2-4-14(15)17/h2-8H,9-10,17H2,1H3. The van der Waals surface area contributed by atoms with Crippen LogP contribution in [0.15, 0.2) is 46.9 Å². The highest BCUT2D eigenvalue weighted by molar-refractivity contribution is 9.10. The zero-order valence-electron chi connectivity index (χ0n) is 11.1. The van der Waals surface area contributed by atoms with Gasteiger partial charge in [0.1, 0.15) is 24.7 Å². The molecule has 0 saturated carbocycles. The van der Waals surface area contributed by atoms with Gasteiger partial charge in [-0.1, -0.05) is 6.07 Å². The van der Waals surface area contributed by atoms with Crippen molar-refractivity contribution in [3.8, 4) is 17.2 Å². The van der Waals surface area contributed by atoms with E-state index in [0.717, 1.165) is 16.0 Å². The van der Waals surface area contributed by atoms with Crippen LogP contribution in [0, 0.1) is 0 Å². The van der Waals surface area contributed by atoms with Crippen LogP contribution in [0.4, 0.5) is 5.69 Å². The quantitative estimate of drug-likeness (QED) is 0.647. The molecule has 2 rings (SSSR count). The van der Waals surface area contributed by atoms with Gasteiger partial charge in [0.05, 0.1) is 17.3 Å². The summed E-state index contributed by atoms with van der Waals surface area (Å²) in [7, 11) is 1.63. The normalized spacial score (nSPS) is 10.1. The molecule has 106 valence electrons. The zero-order valence-corrected chi connectivity index (χ0v) is 12.7. The third-order valence-electron chi connectivity index (χ3n) is 2.66. The van der Waals surface area contributed by atoms with Gasteiger partial charge >= 0.3 is 0 Å². The van der Waals surface area contributed by atoms with Crippen LogP contribution in [-0.4, -0.2) is 20.3 Å². The van der Waals surface area contributed by atoms with Crippen LogP contribution in [0.2, 0.25) is 0 Å². The number of hydrogen-bond donors (Lipinski definition) is 1. The molecular formula is C15H16BrNO3. The number of methoxy groups -OCH3 is 1. The molecule has 0 spiro atoms. The number of rotatable bonds is 6. The maximum absolute atomic E-state index is 5.84. The number of benzene rings is 2. The van der Waals surface area contributed by atoms with Crippen molar-refractivity contribution in [3.05, 3.63) is 46.9 Å². The van der Waals surface area contributed by atoms with Crippen LogP contribution in [-0.2, 0) is 0 Å². The fourth-order valence-electron chi connectivity index (χ4n) is 1.65. The van der Waals surface area contributed by atoms with Crippen molar-refractivity contribution in [2.75, 3.05) is 26.1 Å². The van der Waals surface area contributed by atoms with E-state index in [9.17, 15) is 0 Å². The van der Waals surface area contributed by atoms with Gasteiger partial charge in [0.15, 0.2) is 5.75 Å². The molecule has 2 N–H and O–H groups in total. The number of nitrogens with two attached hydrogens (primary N) is 1. The molecule has 0 aliphatic carbocycles. The lowest BCUT2D eigenvalue weighted by Crippen LogP contribution is -2.10. The van der Waals surface area contributed by atoms with E-state index in [1.54, 1.807) is 13.2 Å². The third-order valence-corrected chi connectivity index (χ3v) is 3.28. The van der Waals surface area contributed by atoms with Crippen molar-refractivity contribution in [2.45, 2.75) is 0 Å². The molecule has 0 aliphatic heterocycles. The van der Waals surface area contributed by atoms with Crippen molar-refractivity contribution >= 4 is 21.6 Å². The highest BCUT2D eigenvalue weighted by Gasteiger charge is 2.05. The predicted molar refractivity (Wildman–Crippen MR) is 82.5 cm³/mol. The van der Waals surface area contributed by atoms with Gasteiger partial charge in [-0.2, -0.15) is 0 Å². The Morgan fingerprint density at radius 1 is 0.950 bits per heavy atom. The lowest BCUT2D eigenvalue weighted by Gasteiger charge is -2.11. The summed E-state index contributed by atoms with van der Waals surface area (Å²) in [4.78, 5) is 0. The largest absolute Gasteiger partial charge is 0.497 e. The summed E-state index contributed by atoms with van der Waals surface area (Å²) in [6, 6.07) is 12.9. The molecule has 0 aliphatic rings. The summed E-state index contributed by atoms with van der Waals surface area (Å²) in [5.74, 6) is 2.22. The number of ether oxygens (including phenoxy) is 3. The van der Waals surface area contributed by atoms with Crippen molar-refractivity contribution < 1.29 is 14.2 Å². The van der Waals surface area contributed by atoms with Crippen LogP contribution in [0.5, 0.6) is 17.2 Å². The Balaban J connectivity index is 1.81. The second-order valence-corrected chi connectivity index (χ2v) is 4.88. The first-order chi connectivity index (χ1) is 9.70. The molecule has 0 unspecified atom stereocenters. The van der Waals surface area contributed by atoms with E-state index in [2.05, 4.69) is 15.9 Å². The summed E-state index contributed by atoms with van der Waals surface area (Å²) in [6.45, 7) is 0.853. The highest BCUT2D eigenvalue weighted by atomic mass is 79.9. The average molecular weight is 338 g/mol. The first kappa shape index (κ1) is 14.5. The highest BCUT2D eigenvalue weighted by Crippen LogP contribution is 2.30. The second-order valence-electron chi connectivity index (χ2n) is 4.03. The van der Waals surface area contributed by atoms with Gasteiger partial charge in [0.2, 0.25) is 0 Å². The maximum Gasteiger partial charge on any atom is 0.156 e. The Morgan fingerprint density at radius 3 is 2.25 bits per heavy atom. The van der Waals surface area contributed by atoms with Crippen molar-refractivity contribution in [2.24, 2.45) is 0 Å². The molecule has 0 heterocycles. The van der Waals surface area contributed by atoms with E-state index >= 15 is 0 Å². The van der Waals surface area contributed by atoms with E-state index in [4.69, 9.17) is 19.9 Å². The molecule has 0 atom stereocenters. The van der Waals surface area contributed by atoms with Crippen LogP contribution in [0.1, 0.15) is 0 Å². The van der Waals surface area contributed by atoms with E-state index in [1.165, 1.54) is 0 Å². The number of para-hydroxylation sites is 1. The monoisotopic (exact) mass is 337 g/mol. The molecule has 2 aromatic carbocycles. The van der Waals surface area contributed by atoms with Crippen LogP contribution in [0.3, 0.4) is 0 Å². The smallest absolute Gasteiger partial charge is 0.156 e. The topological polar surface area (TPSA) is 53.7 Å². The lowest BCUT2D eigenvalue weighted by atomic mass is 10.3. The Morgan fingerprint density at radius 2 is 1.60 bits per heavy atom. The summed E-state index contributed by atoms with van der Waals surface area (Å²) in [5.41, 5.74) is 6.44. The minimum absolute atomic E-state index is 0.416. The maximum atomic E-state index is 5.84. The number of hydrogen-bond acceptors (Lipinski definition) is 4. The molecule has 5 heteroatoms. The van der Waals surface area contributed by atoms with Gasteiger partial charge in [-0.15, -0.1) is 0 Å². The Labute approximate surface area is 126 Å². The first-order valence-electron chi connectivity index (χ1n) is 6.14. The molecular weight excluding hydrogens is 322 g/mol. The molecule has 2 aromatic rings. The number of anilines is 1. The SMILES string of the molecule is COc1ccc(OCCOc2c(N)cccc2Br)cc1. The fraction of sp³-hybridized carbons (Fsp3) is 0.200. The average Bonchev–Trinajstić information content (AvgIpc) is 2.46. The summed E-state index contributed by atoms with van der Waals surface area (Å²) >= 11 is 3.40. The third kappa shape index (κ3) is 3.81. The van der Waals surface area contributed by atoms with Gasteiger partial charge in [-0.3, -0.25) is 0 Å². The number of nitrogen functional groups attached to an aromatic ring is 1. The summed E-state index contributed by atoms with van der Waals surface area (Å²) < 4.78 is 17.1. The van der Waals surface area contributed by atoms with Crippen LogP contribution >= 0.6 is 15.9 Å². The number of halogens is 1. The summed E-state index contributed by atoms with van der Waals surface area (Å²) in [6.07, 6.45) is 0. The van der Waals surface area contributed by atoms with E-state index in [-0.39, 0.29) is 0 Å². The van der Waals surface area contributed by atoms with E-state index in [1.807, 2.05) is 36.4 Å². The molecule has 0 aromatic heterocycles. The minimum atomic E-state index is 0.416. The van der Waals surface area contributed by atoms with E-state index < -0.39 is 0 Å². The Hall–Kier alpha value is -1.88. The predicted octanol–water partition coefficient (Wildman–Crippen LogP) is 3.50. The van der Waals surface area contributed by atoms with Gasteiger partial charge < -0.3 is 19.9 Å². The van der Waals surface area contributed by atoms with Gasteiger partial charge in [-0.05, 0) is 52.3 Å². The molecule has 0 saturated heterocycles. The molecule has 4 nitrogen and oxygen atoms in total. The zero-order chi connectivity index (χ0) is 14.4. The van der Waals surface area contributed by atoms with Crippen LogP contribution in [0.25, 0.3) is 0 Å². The lowest BCUT2D eigenvalue weighted by molar-refractivity contribution is 0.217. The second kappa shape index (κ2) is 7.05. The molecule has 0 amide bonds. The molecule has 20 heavy (non-hydrogen) atoms. The molecule has 0 radical (unpaired) electrons.